The topological polar surface area (TPSA) is 98.3 Å². The highest BCUT2D eigenvalue weighted by Crippen LogP contribution is 2.27. The van der Waals surface area contributed by atoms with E-state index in [1.807, 2.05) is 0 Å². The van der Waals surface area contributed by atoms with Gasteiger partial charge in [0, 0.05) is 17.4 Å². The number of amides is 1. The second kappa shape index (κ2) is 5.76. The van der Waals surface area contributed by atoms with Crippen molar-refractivity contribution < 1.29 is 14.1 Å². The summed E-state index contributed by atoms with van der Waals surface area (Å²) < 4.78 is 12.9. The highest BCUT2D eigenvalue weighted by Gasteiger charge is 2.15. The average Bonchev–Trinajstić information content (AvgIpc) is 2.37. The van der Waals surface area contributed by atoms with Gasteiger partial charge in [0.05, 0.1) is 10.5 Å². The second-order valence-electron chi connectivity index (χ2n) is 4.11. The first-order chi connectivity index (χ1) is 9.88. The molecule has 0 saturated carbocycles. The van der Waals surface area contributed by atoms with Crippen molar-refractivity contribution >= 4 is 34.6 Å². The van der Waals surface area contributed by atoms with Crippen LogP contribution < -0.4 is 11.1 Å². The Morgan fingerprint density at radius 3 is 2.57 bits per heavy atom. The molecule has 2 aromatic rings. The van der Waals surface area contributed by atoms with Crippen LogP contribution in [0.25, 0.3) is 0 Å². The van der Waals surface area contributed by atoms with Crippen LogP contribution in [0.4, 0.5) is 21.5 Å². The van der Waals surface area contributed by atoms with E-state index in [9.17, 15) is 19.3 Å². The average molecular weight is 310 g/mol. The molecule has 0 heterocycles. The van der Waals surface area contributed by atoms with Gasteiger partial charge in [0.1, 0.15) is 10.8 Å². The Morgan fingerprint density at radius 1 is 1.29 bits per heavy atom. The van der Waals surface area contributed by atoms with Crippen LogP contribution in [0.3, 0.4) is 0 Å². The number of hydrogen-bond donors (Lipinski definition) is 2. The summed E-state index contributed by atoms with van der Waals surface area (Å²) in [5.74, 6) is -1.13. The maximum absolute atomic E-state index is 12.9. The van der Waals surface area contributed by atoms with Crippen LogP contribution in [0, 0.1) is 15.9 Å². The number of benzene rings is 2. The monoisotopic (exact) mass is 309 g/mol. The molecule has 0 unspecified atom stereocenters. The fourth-order valence-corrected chi connectivity index (χ4v) is 1.92. The second-order valence-corrected chi connectivity index (χ2v) is 4.52. The number of nitro benzene ring substituents is 1. The zero-order valence-electron chi connectivity index (χ0n) is 10.5. The molecule has 6 nitrogen and oxygen atoms in total. The number of nitrogen functional groups attached to an aromatic ring is 1. The van der Waals surface area contributed by atoms with Gasteiger partial charge >= 0.3 is 0 Å². The Morgan fingerprint density at radius 2 is 2.00 bits per heavy atom. The molecule has 0 aromatic heterocycles. The summed E-state index contributed by atoms with van der Waals surface area (Å²) >= 11 is 5.74. The molecule has 0 aliphatic heterocycles. The van der Waals surface area contributed by atoms with Crippen molar-refractivity contribution in [2.75, 3.05) is 11.1 Å². The minimum absolute atomic E-state index is 0.0134. The predicted octanol–water partition coefficient (Wildman–Crippen LogP) is 3.22. The number of nitro groups is 1. The number of anilines is 2. The molecule has 108 valence electrons. The lowest BCUT2D eigenvalue weighted by Crippen LogP contribution is -2.14. The molecule has 0 bridgehead atoms. The van der Waals surface area contributed by atoms with Gasteiger partial charge in [-0.15, -0.1) is 0 Å². The van der Waals surface area contributed by atoms with E-state index in [2.05, 4.69) is 5.32 Å². The molecule has 3 N–H and O–H groups in total. The molecular formula is C13H9ClFN3O3. The molecule has 21 heavy (non-hydrogen) atoms. The molecule has 0 fully saturated rings. The minimum Gasteiger partial charge on any atom is -0.398 e. The largest absolute Gasteiger partial charge is 0.398 e. The van der Waals surface area contributed by atoms with Crippen LogP contribution in [0.5, 0.6) is 0 Å². The molecule has 0 spiro atoms. The number of rotatable bonds is 3. The first-order valence-electron chi connectivity index (χ1n) is 5.69. The standard InChI is InChI=1S/C13H9ClFN3O3/c14-10-6-8(2-4-12(10)18(20)21)17-13(19)9-3-1-7(15)5-11(9)16/h1-6H,16H2,(H,17,19). The van der Waals surface area contributed by atoms with Crippen molar-refractivity contribution in [2.24, 2.45) is 0 Å². The molecular weight excluding hydrogens is 301 g/mol. The quantitative estimate of drug-likeness (QED) is 0.516. The van der Waals surface area contributed by atoms with Gasteiger partial charge in [0.15, 0.2) is 0 Å². The zero-order valence-corrected chi connectivity index (χ0v) is 11.2. The van der Waals surface area contributed by atoms with E-state index in [1.165, 1.54) is 24.3 Å². The highest BCUT2D eigenvalue weighted by molar-refractivity contribution is 6.33. The van der Waals surface area contributed by atoms with Crippen molar-refractivity contribution in [3.63, 3.8) is 0 Å². The SMILES string of the molecule is Nc1cc(F)ccc1C(=O)Nc1ccc([N+](=O)[O-])c(Cl)c1. The fraction of sp³-hybridized carbons (Fsp3) is 0. The van der Waals surface area contributed by atoms with E-state index in [1.54, 1.807) is 0 Å². The number of nitrogens with zero attached hydrogens (tertiary/aromatic N) is 1. The first kappa shape index (κ1) is 14.7. The van der Waals surface area contributed by atoms with Crippen LogP contribution in [0.2, 0.25) is 5.02 Å². The molecule has 2 aromatic carbocycles. The van der Waals surface area contributed by atoms with Crippen molar-refractivity contribution in [1.29, 1.82) is 0 Å². The lowest BCUT2D eigenvalue weighted by molar-refractivity contribution is -0.384. The van der Waals surface area contributed by atoms with Crippen LogP contribution >= 0.6 is 11.6 Å². The minimum atomic E-state index is -0.633. The van der Waals surface area contributed by atoms with Crippen LogP contribution in [0.1, 0.15) is 10.4 Å². The summed E-state index contributed by atoms with van der Waals surface area (Å²) in [6, 6.07) is 7.13. The lowest BCUT2D eigenvalue weighted by Gasteiger charge is -2.08. The molecule has 0 aliphatic carbocycles. The molecule has 8 heteroatoms. The van der Waals surface area contributed by atoms with E-state index >= 15 is 0 Å². The third-order valence-electron chi connectivity index (χ3n) is 2.66. The number of nitrogens with one attached hydrogen (secondary N) is 1. The number of halogens is 2. The van der Waals surface area contributed by atoms with Gasteiger partial charge in [-0.3, -0.25) is 14.9 Å². The van der Waals surface area contributed by atoms with Gasteiger partial charge in [-0.1, -0.05) is 11.6 Å². The van der Waals surface area contributed by atoms with E-state index in [0.29, 0.717) is 0 Å². The lowest BCUT2D eigenvalue weighted by atomic mass is 10.1. The van der Waals surface area contributed by atoms with Gasteiger partial charge in [0.2, 0.25) is 0 Å². The van der Waals surface area contributed by atoms with Gasteiger partial charge in [0.25, 0.3) is 11.6 Å². The Labute approximate surface area is 123 Å². The van der Waals surface area contributed by atoms with E-state index in [0.717, 1.165) is 12.1 Å². The Balaban J connectivity index is 2.23. The number of hydrogen-bond acceptors (Lipinski definition) is 4. The van der Waals surface area contributed by atoms with Crippen molar-refractivity contribution in [2.45, 2.75) is 0 Å². The van der Waals surface area contributed by atoms with E-state index in [4.69, 9.17) is 17.3 Å². The summed E-state index contributed by atoms with van der Waals surface area (Å²) in [4.78, 5) is 22.0. The molecule has 0 radical (unpaired) electrons. The Kier molecular flexibility index (Phi) is 4.04. The fourth-order valence-electron chi connectivity index (χ4n) is 1.67. The van der Waals surface area contributed by atoms with Gasteiger partial charge in [-0.25, -0.2) is 4.39 Å². The molecule has 0 saturated heterocycles. The summed E-state index contributed by atoms with van der Waals surface area (Å²) in [6.07, 6.45) is 0. The number of carbonyl (C=O) groups is 1. The van der Waals surface area contributed by atoms with Crippen molar-refractivity contribution in [3.8, 4) is 0 Å². The van der Waals surface area contributed by atoms with Crippen molar-refractivity contribution in [3.05, 3.63) is 62.9 Å². The summed E-state index contributed by atoms with van der Waals surface area (Å²) in [6.45, 7) is 0. The number of nitrogens with two attached hydrogens (primary N) is 1. The smallest absolute Gasteiger partial charge is 0.288 e. The Bertz CT molecular complexity index is 737. The highest BCUT2D eigenvalue weighted by atomic mass is 35.5. The summed E-state index contributed by atoms with van der Waals surface area (Å²) in [5.41, 5.74) is 5.62. The molecule has 0 atom stereocenters. The van der Waals surface area contributed by atoms with Crippen LogP contribution in [0.15, 0.2) is 36.4 Å². The first-order valence-corrected chi connectivity index (χ1v) is 6.06. The number of carbonyl (C=O) groups excluding carboxylic acids is 1. The molecule has 0 aliphatic rings. The van der Waals surface area contributed by atoms with Crippen LogP contribution in [-0.2, 0) is 0 Å². The molecule has 1 amide bonds. The third-order valence-corrected chi connectivity index (χ3v) is 2.96. The van der Waals surface area contributed by atoms with E-state index in [-0.39, 0.29) is 27.6 Å². The summed E-state index contributed by atoms with van der Waals surface area (Å²) in [7, 11) is 0. The Hall–Kier alpha value is -2.67. The van der Waals surface area contributed by atoms with Crippen molar-refractivity contribution in [1.82, 2.24) is 0 Å². The summed E-state index contributed by atoms with van der Waals surface area (Å²) in [5, 5.41) is 13.0. The van der Waals surface area contributed by atoms with E-state index < -0.39 is 16.6 Å². The maximum Gasteiger partial charge on any atom is 0.288 e. The van der Waals surface area contributed by atoms with Gasteiger partial charge in [-0.2, -0.15) is 0 Å². The van der Waals surface area contributed by atoms with Crippen LogP contribution in [-0.4, -0.2) is 10.8 Å². The van der Waals surface area contributed by atoms with Gasteiger partial charge in [-0.05, 0) is 30.3 Å². The van der Waals surface area contributed by atoms with Gasteiger partial charge < -0.3 is 11.1 Å². The maximum atomic E-state index is 12.9. The predicted molar refractivity (Wildman–Crippen MR) is 76.9 cm³/mol. The zero-order chi connectivity index (χ0) is 15.6. The normalized spacial score (nSPS) is 10.2. The molecule has 2 rings (SSSR count). The third kappa shape index (κ3) is 3.26.